The predicted octanol–water partition coefficient (Wildman–Crippen LogP) is 3.45. The first kappa shape index (κ1) is 25.0. The van der Waals surface area contributed by atoms with Gasteiger partial charge in [0.1, 0.15) is 0 Å². The van der Waals surface area contributed by atoms with Gasteiger partial charge in [-0.3, -0.25) is 9.79 Å². The largest absolute Gasteiger partial charge is 0.385 e. The van der Waals surface area contributed by atoms with E-state index in [1.165, 1.54) is 25.7 Å². The zero-order valence-electron chi connectivity index (χ0n) is 16.7. The first-order chi connectivity index (χ1) is 13.1. The second-order valence-corrected chi connectivity index (χ2v) is 7.45. The van der Waals surface area contributed by atoms with Crippen LogP contribution in [0.15, 0.2) is 29.3 Å². The standard InChI is InChI=1S/C20H31ClN4O2.HI/c1-22-19(25-15-20(11-14-27-2)9-5-6-10-20)24-13-12-23-18(26)16-7-3-4-8-17(16)21;/h3-4,7-8H,5-6,9-15H2,1-2H3,(H,23,26)(H2,22,24,25);1H. The normalized spacial score (nSPS) is 15.6. The minimum atomic E-state index is -0.171. The lowest BCUT2D eigenvalue weighted by molar-refractivity contribution is 0.0954. The molecule has 0 aliphatic heterocycles. The Balaban J connectivity index is 0.00000392. The number of carbonyl (C=O) groups excluding carboxylic acids is 1. The van der Waals surface area contributed by atoms with E-state index in [-0.39, 0.29) is 29.9 Å². The first-order valence-corrected chi connectivity index (χ1v) is 9.94. The maximum Gasteiger partial charge on any atom is 0.252 e. The predicted molar refractivity (Wildman–Crippen MR) is 126 cm³/mol. The van der Waals surface area contributed by atoms with Crippen LogP contribution in [0.5, 0.6) is 0 Å². The van der Waals surface area contributed by atoms with Gasteiger partial charge in [-0.2, -0.15) is 0 Å². The van der Waals surface area contributed by atoms with Crippen LogP contribution >= 0.6 is 35.6 Å². The molecule has 1 aliphatic rings. The summed E-state index contributed by atoms with van der Waals surface area (Å²) >= 11 is 6.04. The fraction of sp³-hybridized carbons (Fsp3) is 0.600. The van der Waals surface area contributed by atoms with Crippen LogP contribution in [0, 0.1) is 5.41 Å². The summed E-state index contributed by atoms with van der Waals surface area (Å²) in [6.07, 6.45) is 6.10. The van der Waals surface area contributed by atoms with E-state index in [4.69, 9.17) is 16.3 Å². The van der Waals surface area contributed by atoms with Gasteiger partial charge in [-0.1, -0.05) is 36.6 Å². The molecule has 0 radical (unpaired) electrons. The molecule has 1 aromatic rings. The third kappa shape index (κ3) is 7.75. The molecule has 0 saturated heterocycles. The van der Waals surface area contributed by atoms with Gasteiger partial charge in [0.2, 0.25) is 0 Å². The van der Waals surface area contributed by atoms with Crippen molar-refractivity contribution in [3.63, 3.8) is 0 Å². The summed E-state index contributed by atoms with van der Waals surface area (Å²) in [6, 6.07) is 7.03. The van der Waals surface area contributed by atoms with Gasteiger partial charge in [0.25, 0.3) is 5.91 Å². The highest BCUT2D eigenvalue weighted by atomic mass is 127. The third-order valence-corrected chi connectivity index (χ3v) is 5.51. The van der Waals surface area contributed by atoms with Crippen molar-refractivity contribution < 1.29 is 9.53 Å². The van der Waals surface area contributed by atoms with Crippen molar-refractivity contribution >= 4 is 47.4 Å². The van der Waals surface area contributed by atoms with Gasteiger partial charge in [0, 0.05) is 40.4 Å². The van der Waals surface area contributed by atoms with Crippen LogP contribution in [-0.4, -0.2) is 52.3 Å². The smallest absolute Gasteiger partial charge is 0.252 e. The summed E-state index contributed by atoms with van der Waals surface area (Å²) < 4.78 is 5.29. The summed E-state index contributed by atoms with van der Waals surface area (Å²) in [6.45, 7) is 2.75. The number of carbonyl (C=O) groups is 1. The topological polar surface area (TPSA) is 74.8 Å². The van der Waals surface area contributed by atoms with Crippen molar-refractivity contribution in [2.45, 2.75) is 32.1 Å². The zero-order valence-corrected chi connectivity index (χ0v) is 19.8. The molecule has 1 saturated carbocycles. The lowest BCUT2D eigenvalue weighted by atomic mass is 9.83. The molecule has 0 aromatic heterocycles. The van der Waals surface area contributed by atoms with E-state index in [9.17, 15) is 4.79 Å². The number of hydrogen-bond acceptors (Lipinski definition) is 3. The highest BCUT2D eigenvalue weighted by molar-refractivity contribution is 14.0. The lowest BCUT2D eigenvalue weighted by Crippen LogP contribution is -2.45. The van der Waals surface area contributed by atoms with E-state index in [1.807, 2.05) is 0 Å². The van der Waals surface area contributed by atoms with Gasteiger partial charge in [-0.05, 0) is 36.8 Å². The first-order valence-electron chi connectivity index (χ1n) is 9.56. The number of methoxy groups -OCH3 is 1. The molecule has 1 aliphatic carbocycles. The van der Waals surface area contributed by atoms with Crippen molar-refractivity contribution in [1.82, 2.24) is 16.0 Å². The SMILES string of the molecule is CN=C(NCCNC(=O)c1ccccc1Cl)NCC1(CCOC)CCCC1.I. The molecule has 0 bridgehead atoms. The molecule has 0 unspecified atom stereocenters. The molecule has 1 fully saturated rings. The number of rotatable bonds is 9. The average molecular weight is 523 g/mol. The monoisotopic (exact) mass is 522 g/mol. The number of nitrogens with zero attached hydrogens (tertiary/aromatic N) is 1. The van der Waals surface area contributed by atoms with Crippen molar-refractivity contribution in [2.24, 2.45) is 10.4 Å². The molecule has 1 aromatic carbocycles. The Bertz CT molecular complexity index is 636. The molecule has 28 heavy (non-hydrogen) atoms. The van der Waals surface area contributed by atoms with Crippen molar-refractivity contribution in [1.29, 1.82) is 0 Å². The summed E-state index contributed by atoms with van der Waals surface area (Å²) in [5.74, 6) is 0.584. The van der Waals surface area contributed by atoms with Crippen LogP contribution in [0.3, 0.4) is 0 Å². The van der Waals surface area contributed by atoms with Crippen LogP contribution in [0.4, 0.5) is 0 Å². The van der Waals surface area contributed by atoms with E-state index >= 15 is 0 Å². The number of benzene rings is 1. The number of ether oxygens (including phenoxy) is 1. The Morgan fingerprint density at radius 2 is 1.86 bits per heavy atom. The molecule has 6 nitrogen and oxygen atoms in total. The number of hydrogen-bond donors (Lipinski definition) is 3. The molecule has 0 heterocycles. The van der Waals surface area contributed by atoms with Crippen LogP contribution in [0.25, 0.3) is 0 Å². The second-order valence-electron chi connectivity index (χ2n) is 7.04. The number of amides is 1. The Morgan fingerprint density at radius 1 is 1.18 bits per heavy atom. The molecule has 3 N–H and O–H groups in total. The number of aliphatic imine (C=N–C) groups is 1. The third-order valence-electron chi connectivity index (χ3n) is 5.18. The summed E-state index contributed by atoms with van der Waals surface area (Å²) in [7, 11) is 3.52. The van der Waals surface area contributed by atoms with E-state index < -0.39 is 0 Å². The molecule has 8 heteroatoms. The summed E-state index contributed by atoms with van der Waals surface area (Å²) in [5, 5.41) is 10.0. The molecular weight excluding hydrogens is 491 g/mol. The molecular formula is C20H32ClIN4O2. The van der Waals surface area contributed by atoms with Gasteiger partial charge in [-0.15, -0.1) is 24.0 Å². The van der Waals surface area contributed by atoms with E-state index in [2.05, 4.69) is 20.9 Å². The fourth-order valence-corrected chi connectivity index (χ4v) is 3.77. The van der Waals surface area contributed by atoms with Crippen molar-refractivity contribution in [3.8, 4) is 0 Å². The van der Waals surface area contributed by atoms with Crippen LogP contribution in [0.1, 0.15) is 42.5 Å². The van der Waals surface area contributed by atoms with Crippen LogP contribution in [-0.2, 0) is 4.74 Å². The number of nitrogens with one attached hydrogen (secondary N) is 3. The Labute approximate surface area is 190 Å². The van der Waals surface area contributed by atoms with E-state index in [0.717, 1.165) is 25.5 Å². The zero-order chi connectivity index (χ0) is 19.5. The minimum Gasteiger partial charge on any atom is -0.385 e. The van der Waals surface area contributed by atoms with Crippen LogP contribution < -0.4 is 16.0 Å². The molecule has 2 rings (SSSR count). The van der Waals surface area contributed by atoms with Gasteiger partial charge >= 0.3 is 0 Å². The number of halogens is 2. The molecule has 0 atom stereocenters. The molecule has 158 valence electrons. The van der Waals surface area contributed by atoms with Gasteiger partial charge < -0.3 is 20.7 Å². The maximum atomic E-state index is 12.1. The average Bonchev–Trinajstić information content (AvgIpc) is 3.15. The minimum absolute atomic E-state index is 0. The highest BCUT2D eigenvalue weighted by Gasteiger charge is 2.33. The van der Waals surface area contributed by atoms with Crippen LogP contribution in [0.2, 0.25) is 5.02 Å². The van der Waals surface area contributed by atoms with Crippen molar-refractivity contribution in [3.05, 3.63) is 34.9 Å². The quantitative estimate of drug-likeness (QED) is 0.201. The Hall–Kier alpha value is -1.06. The van der Waals surface area contributed by atoms with Gasteiger partial charge in [0.15, 0.2) is 5.96 Å². The number of guanidine groups is 1. The second kappa shape index (κ2) is 13.2. The molecule has 0 spiro atoms. The Kier molecular flexibility index (Phi) is 11.8. The fourth-order valence-electron chi connectivity index (χ4n) is 3.55. The van der Waals surface area contributed by atoms with Gasteiger partial charge in [-0.25, -0.2) is 0 Å². The lowest BCUT2D eigenvalue weighted by Gasteiger charge is -2.30. The van der Waals surface area contributed by atoms with Gasteiger partial charge in [0.05, 0.1) is 10.6 Å². The van der Waals surface area contributed by atoms with E-state index in [0.29, 0.717) is 29.1 Å². The molecule has 1 amide bonds. The maximum absolute atomic E-state index is 12.1. The summed E-state index contributed by atoms with van der Waals surface area (Å²) in [5.41, 5.74) is 0.786. The Morgan fingerprint density at radius 3 is 2.50 bits per heavy atom. The van der Waals surface area contributed by atoms with Crippen molar-refractivity contribution in [2.75, 3.05) is 40.4 Å². The van der Waals surface area contributed by atoms with E-state index in [1.54, 1.807) is 38.4 Å². The highest BCUT2D eigenvalue weighted by Crippen LogP contribution is 2.40. The summed E-state index contributed by atoms with van der Waals surface area (Å²) in [4.78, 5) is 16.4.